The fourth-order valence-electron chi connectivity index (χ4n) is 4.79. The summed E-state index contributed by atoms with van der Waals surface area (Å²) in [5.74, 6) is 2.38. The average Bonchev–Trinajstić information content (AvgIpc) is 3.23. The third-order valence-corrected chi connectivity index (χ3v) is 7.11. The zero-order chi connectivity index (χ0) is 25.9. The van der Waals surface area contributed by atoms with Gasteiger partial charge in [0.25, 0.3) is 0 Å². The second-order valence-electron chi connectivity index (χ2n) is 9.92. The fourth-order valence-corrected chi connectivity index (χ4v) is 5.00. The summed E-state index contributed by atoms with van der Waals surface area (Å²) >= 11 is 6.21. The molecule has 1 aliphatic rings. The van der Waals surface area contributed by atoms with Crippen molar-refractivity contribution >= 4 is 34.3 Å². The van der Waals surface area contributed by atoms with Crippen molar-refractivity contribution in [2.75, 3.05) is 63.6 Å². The second-order valence-corrected chi connectivity index (χ2v) is 10.4. The molecule has 37 heavy (non-hydrogen) atoms. The summed E-state index contributed by atoms with van der Waals surface area (Å²) in [7, 11) is 4.24. The zero-order valence-corrected chi connectivity index (χ0v) is 22.7. The SMILES string of the molecule is Cc1noc(C)c1-c1ccc2c(NCc3cccc(Cl)c3)nc(N3CCN(CCN(C)C)CC3)nc2c1. The number of fused-ring (bicyclic) bond motifs is 1. The van der Waals surface area contributed by atoms with Crippen LogP contribution in [0.25, 0.3) is 22.0 Å². The van der Waals surface area contributed by atoms with E-state index in [1.165, 1.54) is 0 Å². The van der Waals surface area contributed by atoms with Crippen LogP contribution in [0.1, 0.15) is 17.0 Å². The largest absolute Gasteiger partial charge is 0.365 e. The van der Waals surface area contributed by atoms with Crippen molar-refractivity contribution in [3.8, 4) is 11.1 Å². The number of halogens is 1. The lowest BCUT2D eigenvalue weighted by Gasteiger charge is -2.35. The van der Waals surface area contributed by atoms with Gasteiger partial charge < -0.3 is 19.6 Å². The molecule has 2 aromatic heterocycles. The molecule has 0 spiro atoms. The molecule has 0 radical (unpaired) electrons. The van der Waals surface area contributed by atoms with Gasteiger partial charge in [0.2, 0.25) is 5.95 Å². The Balaban J connectivity index is 1.46. The van der Waals surface area contributed by atoms with Crippen LogP contribution in [0.15, 0.2) is 47.0 Å². The summed E-state index contributed by atoms with van der Waals surface area (Å²) in [6, 6.07) is 14.2. The van der Waals surface area contributed by atoms with Crippen LogP contribution < -0.4 is 10.2 Å². The van der Waals surface area contributed by atoms with E-state index in [2.05, 4.69) is 63.5 Å². The van der Waals surface area contributed by atoms with Gasteiger partial charge in [-0.1, -0.05) is 35.0 Å². The highest BCUT2D eigenvalue weighted by atomic mass is 35.5. The Morgan fingerprint density at radius 3 is 2.54 bits per heavy atom. The second kappa shape index (κ2) is 11.0. The minimum atomic E-state index is 0.621. The first kappa shape index (κ1) is 25.4. The van der Waals surface area contributed by atoms with E-state index in [9.17, 15) is 0 Å². The number of anilines is 2. The lowest BCUT2D eigenvalue weighted by Crippen LogP contribution is -2.48. The zero-order valence-electron chi connectivity index (χ0n) is 22.0. The van der Waals surface area contributed by atoms with Gasteiger partial charge in [0.15, 0.2) is 0 Å². The van der Waals surface area contributed by atoms with Crippen LogP contribution in [0, 0.1) is 13.8 Å². The molecule has 1 fully saturated rings. The summed E-state index contributed by atoms with van der Waals surface area (Å²) in [5.41, 5.74) is 4.93. The van der Waals surface area contributed by atoms with E-state index in [-0.39, 0.29) is 0 Å². The van der Waals surface area contributed by atoms with Crippen LogP contribution >= 0.6 is 11.6 Å². The third kappa shape index (κ3) is 5.87. The van der Waals surface area contributed by atoms with Gasteiger partial charge in [-0.2, -0.15) is 4.98 Å². The molecule has 0 unspecified atom stereocenters. The van der Waals surface area contributed by atoms with Gasteiger partial charge in [0.05, 0.1) is 11.2 Å². The van der Waals surface area contributed by atoms with Crippen molar-refractivity contribution in [3.63, 3.8) is 0 Å². The quantitative estimate of drug-likeness (QED) is 0.354. The van der Waals surface area contributed by atoms with Crippen molar-refractivity contribution < 1.29 is 4.52 Å². The van der Waals surface area contributed by atoms with E-state index in [0.29, 0.717) is 6.54 Å². The molecule has 1 saturated heterocycles. The highest BCUT2D eigenvalue weighted by Crippen LogP contribution is 2.32. The molecule has 0 bridgehead atoms. The molecule has 1 N–H and O–H groups in total. The predicted octanol–water partition coefficient (Wildman–Crippen LogP) is 4.85. The van der Waals surface area contributed by atoms with E-state index in [1.54, 1.807) is 0 Å². The first-order chi connectivity index (χ1) is 17.9. The number of nitrogens with zero attached hydrogens (tertiary/aromatic N) is 6. The first-order valence-corrected chi connectivity index (χ1v) is 13.1. The Hall–Kier alpha value is -3.20. The summed E-state index contributed by atoms with van der Waals surface area (Å²) in [6.07, 6.45) is 0. The highest BCUT2D eigenvalue weighted by molar-refractivity contribution is 6.30. The molecule has 3 heterocycles. The van der Waals surface area contributed by atoms with Gasteiger partial charge in [-0.25, -0.2) is 4.98 Å². The summed E-state index contributed by atoms with van der Waals surface area (Å²) in [4.78, 5) is 17.1. The maximum absolute atomic E-state index is 6.21. The molecule has 0 aliphatic carbocycles. The van der Waals surface area contributed by atoms with Gasteiger partial charge in [-0.15, -0.1) is 0 Å². The maximum Gasteiger partial charge on any atom is 0.227 e. The molecule has 4 aromatic rings. The molecule has 1 aliphatic heterocycles. The third-order valence-electron chi connectivity index (χ3n) is 6.87. The van der Waals surface area contributed by atoms with Crippen LogP contribution in [0.3, 0.4) is 0 Å². The van der Waals surface area contributed by atoms with E-state index in [1.807, 2.05) is 32.0 Å². The minimum absolute atomic E-state index is 0.621. The average molecular weight is 520 g/mol. The Morgan fingerprint density at radius 1 is 1.03 bits per heavy atom. The molecule has 9 heteroatoms. The van der Waals surface area contributed by atoms with Gasteiger partial charge in [0.1, 0.15) is 11.6 Å². The summed E-state index contributed by atoms with van der Waals surface area (Å²) < 4.78 is 5.42. The first-order valence-electron chi connectivity index (χ1n) is 12.7. The van der Waals surface area contributed by atoms with Crippen LogP contribution in [-0.4, -0.2) is 78.3 Å². The number of hydrogen-bond acceptors (Lipinski definition) is 8. The molecule has 2 aromatic carbocycles. The van der Waals surface area contributed by atoms with Gasteiger partial charge >= 0.3 is 0 Å². The van der Waals surface area contributed by atoms with Gasteiger partial charge in [-0.05, 0) is 63.3 Å². The molecule has 8 nitrogen and oxygen atoms in total. The van der Waals surface area contributed by atoms with Gasteiger partial charge in [-0.3, -0.25) is 4.90 Å². The Kier molecular flexibility index (Phi) is 7.60. The number of aromatic nitrogens is 3. The number of nitrogens with one attached hydrogen (secondary N) is 1. The van der Waals surface area contributed by atoms with Crippen molar-refractivity contribution in [1.29, 1.82) is 0 Å². The van der Waals surface area contributed by atoms with Crippen molar-refractivity contribution in [1.82, 2.24) is 24.9 Å². The molecule has 0 saturated carbocycles. The fraction of sp³-hybridized carbons (Fsp3) is 0.393. The van der Waals surface area contributed by atoms with Crippen molar-refractivity contribution in [2.24, 2.45) is 0 Å². The number of benzene rings is 2. The standard InChI is InChI=1S/C28H34ClN7O/c1-19-26(20(2)37-33-19)22-8-9-24-25(17-22)31-28(36-14-12-35(13-15-36)11-10-34(3)4)32-27(24)30-18-21-6-5-7-23(29)16-21/h5-9,16-17H,10-15,18H2,1-4H3,(H,30,31,32). The van der Waals surface area contributed by atoms with E-state index in [4.69, 9.17) is 26.1 Å². The monoisotopic (exact) mass is 519 g/mol. The summed E-state index contributed by atoms with van der Waals surface area (Å²) in [6.45, 7) is 10.5. The lowest BCUT2D eigenvalue weighted by molar-refractivity contribution is 0.229. The van der Waals surface area contributed by atoms with E-state index < -0.39 is 0 Å². The molecular weight excluding hydrogens is 486 g/mol. The Labute approximate surface area is 223 Å². The molecule has 5 rings (SSSR count). The number of rotatable bonds is 8. The molecular formula is C28H34ClN7O. The van der Waals surface area contributed by atoms with Gasteiger partial charge in [0, 0.05) is 61.8 Å². The Morgan fingerprint density at radius 2 is 1.84 bits per heavy atom. The topological polar surface area (TPSA) is 73.6 Å². The van der Waals surface area contributed by atoms with Crippen LogP contribution in [-0.2, 0) is 6.54 Å². The minimum Gasteiger partial charge on any atom is -0.365 e. The predicted molar refractivity (Wildman–Crippen MR) is 150 cm³/mol. The van der Waals surface area contributed by atoms with Crippen molar-refractivity contribution in [3.05, 3.63) is 64.5 Å². The van der Waals surface area contributed by atoms with E-state index >= 15 is 0 Å². The normalized spacial score (nSPS) is 14.6. The van der Waals surface area contributed by atoms with Crippen LogP contribution in [0.2, 0.25) is 5.02 Å². The lowest BCUT2D eigenvalue weighted by atomic mass is 10.0. The number of piperazine rings is 1. The van der Waals surface area contributed by atoms with Crippen LogP contribution in [0.4, 0.5) is 11.8 Å². The summed E-state index contributed by atoms with van der Waals surface area (Å²) in [5, 5.41) is 9.39. The maximum atomic E-state index is 6.21. The van der Waals surface area contributed by atoms with Crippen molar-refractivity contribution in [2.45, 2.75) is 20.4 Å². The van der Waals surface area contributed by atoms with Crippen LogP contribution in [0.5, 0.6) is 0 Å². The van der Waals surface area contributed by atoms with E-state index in [0.717, 1.165) is 95.1 Å². The molecule has 194 valence electrons. The highest BCUT2D eigenvalue weighted by Gasteiger charge is 2.21. The molecule has 0 amide bonds. The number of aryl methyl sites for hydroxylation is 2. The molecule has 0 atom stereocenters. The smallest absolute Gasteiger partial charge is 0.227 e. The number of hydrogen-bond donors (Lipinski definition) is 1. The Bertz CT molecular complexity index is 1360. The number of likely N-dealkylation sites (N-methyl/N-ethyl adjacent to an activating group) is 1.